The highest BCUT2D eigenvalue weighted by Crippen LogP contribution is 2.32. The van der Waals surface area contributed by atoms with E-state index in [1.807, 2.05) is 26.0 Å². The molecular weight excluding hydrogens is 270 g/mol. The van der Waals surface area contributed by atoms with Gasteiger partial charge >= 0.3 is 0 Å². The maximum absolute atomic E-state index is 12.3. The summed E-state index contributed by atoms with van der Waals surface area (Å²) >= 11 is 1.36. The number of carbonyl (C=O) groups excluding carboxylic acids is 1. The fourth-order valence-electron chi connectivity index (χ4n) is 2.13. The van der Waals surface area contributed by atoms with Gasteiger partial charge in [0.2, 0.25) is 0 Å². The van der Waals surface area contributed by atoms with Gasteiger partial charge in [0.1, 0.15) is 9.71 Å². The molecule has 0 aliphatic heterocycles. The summed E-state index contributed by atoms with van der Waals surface area (Å²) in [5.74, 6) is -0.0910. The first-order valence-electron chi connectivity index (χ1n) is 6.99. The van der Waals surface area contributed by atoms with Crippen molar-refractivity contribution in [3.05, 3.63) is 22.7 Å². The number of fused-ring (bicyclic) bond motifs is 1. The number of nitrogen functional groups attached to an aromatic ring is 1. The number of hydrogen-bond acceptors (Lipinski definition) is 4. The summed E-state index contributed by atoms with van der Waals surface area (Å²) in [7, 11) is 0. The Hall–Kier alpha value is -1.62. The number of carbonyl (C=O) groups is 1. The zero-order valence-electron chi connectivity index (χ0n) is 12.2. The molecule has 0 aliphatic rings. The molecule has 0 bridgehead atoms. The van der Waals surface area contributed by atoms with Gasteiger partial charge in [0.15, 0.2) is 0 Å². The van der Waals surface area contributed by atoms with Crippen molar-refractivity contribution in [2.45, 2.75) is 46.1 Å². The molecule has 2 heterocycles. The molecule has 0 fully saturated rings. The summed E-state index contributed by atoms with van der Waals surface area (Å²) in [5, 5.41) is 3.88. The molecule has 5 heteroatoms. The number of aryl methyl sites for hydroxylation is 1. The normalized spacial score (nSPS) is 12.6. The fourth-order valence-corrected chi connectivity index (χ4v) is 3.17. The van der Waals surface area contributed by atoms with E-state index in [0.29, 0.717) is 10.6 Å². The highest BCUT2D eigenvalue weighted by Gasteiger charge is 2.18. The quantitative estimate of drug-likeness (QED) is 0.886. The molecule has 0 saturated heterocycles. The molecule has 20 heavy (non-hydrogen) atoms. The molecule has 0 saturated carbocycles. The summed E-state index contributed by atoms with van der Waals surface area (Å²) in [6, 6.07) is 4.01. The lowest BCUT2D eigenvalue weighted by atomic mass is 10.1. The van der Waals surface area contributed by atoms with Gasteiger partial charge in [-0.3, -0.25) is 4.79 Å². The van der Waals surface area contributed by atoms with Crippen LogP contribution in [0.2, 0.25) is 0 Å². The van der Waals surface area contributed by atoms with Crippen molar-refractivity contribution in [2.24, 2.45) is 0 Å². The Bertz CT molecular complexity index is 621. The molecule has 0 aliphatic carbocycles. The van der Waals surface area contributed by atoms with Crippen molar-refractivity contribution in [1.29, 1.82) is 0 Å². The Morgan fingerprint density at radius 3 is 2.95 bits per heavy atom. The smallest absolute Gasteiger partial charge is 0.263 e. The molecular formula is C15H21N3OS. The van der Waals surface area contributed by atoms with E-state index in [4.69, 9.17) is 5.73 Å². The number of nitrogens with two attached hydrogens (primary N) is 1. The lowest BCUT2D eigenvalue weighted by Crippen LogP contribution is -2.32. The van der Waals surface area contributed by atoms with E-state index in [1.165, 1.54) is 11.3 Å². The molecule has 1 atom stereocenters. The minimum absolute atomic E-state index is 0.0910. The average Bonchev–Trinajstić information content (AvgIpc) is 2.73. The third-order valence-electron chi connectivity index (χ3n) is 3.31. The van der Waals surface area contributed by atoms with E-state index in [1.54, 1.807) is 0 Å². The van der Waals surface area contributed by atoms with Crippen LogP contribution in [0.3, 0.4) is 0 Å². The second-order valence-electron chi connectivity index (χ2n) is 5.17. The van der Waals surface area contributed by atoms with Crippen molar-refractivity contribution in [1.82, 2.24) is 10.3 Å². The van der Waals surface area contributed by atoms with Crippen LogP contribution in [0, 0.1) is 6.92 Å². The Balaban J connectivity index is 2.20. The van der Waals surface area contributed by atoms with Crippen LogP contribution in [0.4, 0.5) is 5.69 Å². The van der Waals surface area contributed by atoms with Gasteiger partial charge in [-0.25, -0.2) is 4.98 Å². The molecule has 1 amide bonds. The maximum atomic E-state index is 12.3. The van der Waals surface area contributed by atoms with Crippen LogP contribution in [0.5, 0.6) is 0 Å². The highest BCUT2D eigenvalue weighted by molar-refractivity contribution is 7.21. The number of nitrogens with one attached hydrogen (secondary N) is 1. The van der Waals surface area contributed by atoms with Crippen molar-refractivity contribution >= 4 is 33.1 Å². The second kappa shape index (κ2) is 6.22. The Labute approximate surface area is 123 Å². The van der Waals surface area contributed by atoms with Crippen LogP contribution in [0.25, 0.3) is 10.2 Å². The van der Waals surface area contributed by atoms with Gasteiger partial charge in [-0.05, 0) is 32.4 Å². The molecule has 2 rings (SSSR count). The number of anilines is 1. The number of rotatable bonds is 5. The largest absolute Gasteiger partial charge is 0.397 e. The van der Waals surface area contributed by atoms with E-state index in [0.717, 1.165) is 35.2 Å². The average molecular weight is 291 g/mol. The molecule has 0 radical (unpaired) electrons. The van der Waals surface area contributed by atoms with Crippen molar-refractivity contribution in [3.8, 4) is 0 Å². The Kier molecular flexibility index (Phi) is 4.60. The van der Waals surface area contributed by atoms with Gasteiger partial charge in [0, 0.05) is 17.1 Å². The van der Waals surface area contributed by atoms with Crippen molar-refractivity contribution in [3.63, 3.8) is 0 Å². The molecule has 0 spiro atoms. The van der Waals surface area contributed by atoms with Gasteiger partial charge in [-0.15, -0.1) is 11.3 Å². The summed E-state index contributed by atoms with van der Waals surface area (Å²) in [6.45, 7) is 6.11. The number of pyridine rings is 1. The molecule has 4 nitrogen and oxygen atoms in total. The minimum atomic E-state index is -0.0910. The second-order valence-corrected chi connectivity index (χ2v) is 6.17. The van der Waals surface area contributed by atoms with Gasteiger partial charge in [-0.1, -0.05) is 19.8 Å². The van der Waals surface area contributed by atoms with Crippen LogP contribution >= 0.6 is 11.3 Å². The lowest BCUT2D eigenvalue weighted by Gasteiger charge is -2.12. The summed E-state index contributed by atoms with van der Waals surface area (Å²) < 4.78 is 0. The number of aromatic nitrogens is 1. The lowest BCUT2D eigenvalue weighted by molar-refractivity contribution is 0.0943. The molecule has 1 unspecified atom stereocenters. The van der Waals surface area contributed by atoms with E-state index >= 15 is 0 Å². The van der Waals surface area contributed by atoms with Crippen LogP contribution in [0.1, 0.15) is 48.5 Å². The van der Waals surface area contributed by atoms with Gasteiger partial charge in [0.25, 0.3) is 5.91 Å². The van der Waals surface area contributed by atoms with Crippen molar-refractivity contribution in [2.75, 3.05) is 5.73 Å². The third kappa shape index (κ3) is 3.10. The minimum Gasteiger partial charge on any atom is -0.397 e. The summed E-state index contributed by atoms with van der Waals surface area (Å²) in [4.78, 5) is 18.1. The zero-order chi connectivity index (χ0) is 14.7. The molecule has 3 N–H and O–H groups in total. The standard InChI is InChI=1S/C15H21N3OS/c1-4-5-6-9(2)17-14(19)13-12(16)11-8-7-10(3)18-15(11)20-13/h7-9H,4-6,16H2,1-3H3,(H,17,19). The predicted molar refractivity (Wildman–Crippen MR) is 85.2 cm³/mol. The van der Waals surface area contributed by atoms with E-state index in [2.05, 4.69) is 17.2 Å². The van der Waals surface area contributed by atoms with E-state index < -0.39 is 0 Å². The summed E-state index contributed by atoms with van der Waals surface area (Å²) in [6.07, 6.45) is 3.24. The highest BCUT2D eigenvalue weighted by atomic mass is 32.1. The van der Waals surface area contributed by atoms with Crippen LogP contribution in [-0.4, -0.2) is 16.9 Å². The Morgan fingerprint density at radius 2 is 2.25 bits per heavy atom. The van der Waals surface area contributed by atoms with Crippen molar-refractivity contribution < 1.29 is 4.79 Å². The van der Waals surface area contributed by atoms with Crippen LogP contribution < -0.4 is 11.1 Å². The fraction of sp³-hybridized carbons (Fsp3) is 0.467. The number of unbranched alkanes of at least 4 members (excludes halogenated alkanes) is 1. The van der Waals surface area contributed by atoms with Gasteiger partial charge < -0.3 is 11.1 Å². The first kappa shape index (κ1) is 14.8. The molecule has 108 valence electrons. The third-order valence-corrected chi connectivity index (χ3v) is 4.42. The monoisotopic (exact) mass is 291 g/mol. The molecule has 2 aromatic rings. The topological polar surface area (TPSA) is 68.0 Å². The first-order valence-corrected chi connectivity index (χ1v) is 7.81. The SMILES string of the molecule is CCCCC(C)NC(=O)c1sc2nc(C)ccc2c1N. The molecule has 0 aromatic carbocycles. The maximum Gasteiger partial charge on any atom is 0.263 e. The van der Waals surface area contributed by atoms with Crippen LogP contribution in [0.15, 0.2) is 12.1 Å². The number of nitrogens with zero attached hydrogens (tertiary/aromatic N) is 1. The Morgan fingerprint density at radius 1 is 1.50 bits per heavy atom. The first-order chi connectivity index (χ1) is 9.52. The summed E-state index contributed by atoms with van der Waals surface area (Å²) in [5.41, 5.74) is 7.55. The van der Waals surface area contributed by atoms with Gasteiger partial charge in [0.05, 0.1) is 5.69 Å². The number of thiophene rings is 1. The van der Waals surface area contributed by atoms with Gasteiger partial charge in [-0.2, -0.15) is 0 Å². The zero-order valence-corrected chi connectivity index (χ0v) is 13.0. The number of amides is 1. The number of hydrogen-bond donors (Lipinski definition) is 2. The van der Waals surface area contributed by atoms with E-state index in [-0.39, 0.29) is 11.9 Å². The van der Waals surface area contributed by atoms with Crippen LogP contribution in [-0.2, 0) is 0 Å². The predicted octanol–water partition coefficient (Wildman–Crippen LogP) is 3.50. The molecule has 2 aromatic heterocycles. The van der Waals surface area contributed by atoms with E-state index in [9.17, 15) is 4.79 Å².